The summed E-state index contributed by atoms with van der Waals surface area (Å²) in [4.78, 5) is 16.2. The minimum absolute atomic E-state index is 0.00727. The van der Waals surface area contributed by atoms with E-state index in [2.05, 4.69) is 41.6 Å². The molecule has 3 rings (SSSR count). The predicted molar refractivity (Wildman–Crippen MR) is 84.1 cm³/mol. The molecule has 116 valence electrons. The molecule has 1 aromatic rings. The molecule has 1 saturated carbocycles. The van der Waals surface area contributed by atoms with Crippen molar-refractivity contribution in [1.82, 2.24) is 10.2 Å². The van der Waals surface area contributed by atoms with Crippen LogP contribution >= 0.6 is 11.3 Å². The van der Waals surface area contributed by atoms with Gasteiger partial charge in [0.15, 0.2) is 0 Å². The largest absolute Gasteiger partial charge is 0.380 e. The molecular weight excluding hydrogens is 284 g/mol. The van der Waals surface area contributed by atoms with Crippen molar-refractivity contribution < 1.29 is 9.53 Å². The van der Waals surface area contributed by atoms with Gasteiger partial charge >= 0.3 is 0 Å². The average Bonchev–Trinajstić information content (AvgIpc) is 2.93. The first-order valence-corrected chi connectivity index (χ1v) is 8.68. The standard InChI is InChI=1S/C16H24N2O2S/c1-4-20-10-12(11(2)3)18-14(13-6-5-9-21-13)17-16(7-8-16)15(18)19/h5-6,9,11-12,14,17H,4,7-8,10H2,1-3H3. The Morgan fingerprint density at radius 3 is 2.81 bits per heavy atom. The van der Waals surface area contributed by atoms with Crippen LogP contribution < -0.4 is 5.32 Å². The fraction of sp³-hybridized carbons (Fsp3) is 0.688. The highest BCUT2D eigenvalue weighted by molar-refractivity contribution is 7.10. The molecule has 5 heteroatoms. The van der Waals surface area contributed by atoms with Gasteiger partial charge in [0, 0.05) is 11.5 Å². The van der Waals surface area contributed by atoms with Gasteiger partial charge in [-0.2, -0.15) is 0 Å². The summed E-state index contributed by atoms with van der Waals surface area (Å²) in [5, 5.41) is 5.66. The summed E-state index contributed by atoms with van der Waals surface area (Å²) < 4.78 is 5.65. The zero-order chi connectivity index (χ0) is 15.0. The van der Waals surface area contributed by atoms with Gasteiger partial charge in [-0.05, 0) is 37.1 Å². The van der Waals surface area contributed by atoms with Crippen LogP contribution in [0.2, 0.25) is 0 Å². The third-order valence-electron chi connectivity index (χ3n) is 4.52. The summed E-state index contributed by atoms with van der Waals surface area (Å²) in [5.74, 6) is 0.637. The number of ether oxygens (including phenoxy) is 1. The average molecular weight is 308 g/mol. The van der Waals surface area contributed by atoms with E-state index in [1.165, 1.54) is 4.88 Å². The summed E-state index contributed by atoms with van der Waals surface area (Å²) >= 11 is 1.71. The summed E-state index contributed by atoms with van der Waals surface area (Å²) in [6.45, 7) is 7.63. The van der Waals surface area contributed by atoms with Crippen LogP contribution in [0.3, 0.4) is 0 Å². The number of rotatable bonds is 6. The zero-order valence-electron chi connectivity index (χ0n) is 13.0. The predicted octanol–water partition coefficient (Wildman–Crippen LogP) is 2.77. The van der Waals surface area contributed by atoms with Crippen LogP contribution in [0.1, 0.15) is 44.7 Å². The Morgan fingerprint density at radius 1 is 1.52 bits per heavy atom. The topological polar surface area (TPSA) is 41.6 Å². The molecule has 21 heavy (non-hydrogen) atoms. The van der Waals surface area contributed by atoms with Gasteiger partial charge in [0.25, 0.3) is 0 Å². The number of thiophene rings is 1. The minimum atomic E-state index is -0.284. The van der Waals surface area contributed by atoms with Crippen LogP contribution in [-0.4, -0.2) is 35.6 Å². The molecule has 0 bridgehead atoms. The molecule has 2 atom stereocenters. The van der Waals surface area contributed by atoms with Crippen LogP contribution in [0.15, 0.2) is 17.5 Å². The second-order valence-electron chi connectivity index (χ2n) is 6.33. The van der Waals surface area contributed by atoms with Crippen molar-refractivity contribution in [3.05, 3.63) is 22.4 Å². The highest BCUT2D eigenvalue weighted by atomic mass is 32.1. The molecule has 2 heterocycles. The molecular formula is C16H24N2O2S. The number of amides is 1. The lowest BCUT2D eigenvalue weighted by Crippen LogP contribution is -2.46. The van der Waals surface area contributed by atoms with Crippen molar-refractivity contribution in [3.8, 4) is 0 Å². The van der Waals surface area contributed by atoms with Crippen LogP contribution in [0.5, 0.6) is 0 Å². The van der Waals surface area contributed by atoms with E-state index in [4.69, 9.17) is 4.74 Å². The summed E-state index contributed by atoms with van der Waals surface area (Å²) in [7, 11) is 0. The lowest BCUT2D eigenvalue weighted by molar-refractivity contribution is -0.135. The zero-order valence-corrected chi connectivity index (χ0v) is 13.8. The van der Waals surface area contributed by atoms with Crippen molar-refractivity contribution in [3.63, 3.8) is 0 Å². The maximum absolute atomic E-state index is 12.9. The highest BCUT2D eigenvalue weighted by Crippen LogP contribution is 2.47. The first-order valence-electron chi connectivity index (χ1n) is 7.80. The van der Waals surface area contributed by atoms with E-state index in [0.717, 1.165) is 12.8 Å². The molecule has 0 radical (unpaired) electrons. The number of hydrogen-bond donors (Lipinski definition) is 1. The van der Waals surface area contributed by atoms with Crippen molar-refractivity contribution in [2.24, 2.45) is 5.92 Å². The van der Waals surface area contributed by atoms with Gasteiger partial charge in [-0.1, -0.05) is 19.9 Å². The smallest absolute Gasteiger partial charge is 0.244 e. The summed E-state index contributed by atoms with van der Waals surface area (Å²) in [5.41, 5.74) is -0.284. The van der Waals surface area contributed by atoms with Gasteiger partial charge in [-0.15, -0.1) is 11.3 Å². The lowest BCUT2D eigenvalue weighted by atomic mass is 10.0. The third kappa shape index (κ3) is 2.62. The molecule has 1 N–H and O–H groups in total. The molecule has 2 aliphatic rings. The van der Waals surface area contributed by atoms with Crippen LogP contribution in [-0.2, 0) is 9.53 Å². The molecule has 1 aliphatic carbocycles. The Hall–Kier alpha value is -0.910. The summed E-state index contributed by atoms with van der Waals surface area (Å²) in [6.07, 6.45) is 1.93. The SMILES string of the molecule is CCOCC(C(C)C)N1C(=O)C2(CC2)NC1c1cccs1. The van der Waals surface area contributed by atoms with Crippen LogP contribution in [0.25, 0.3) is 0 Å². The number of hydrogen-bond acceptors (Lipinski definition) is 4. The molecule has 1 spiro atoms. The lowest BCUT2D eigenvalue weighted by Gasteiger charge is -2.34. The Balaban J connectivity index is 1.89. The molecule has 1 aliphatic heterocycles. The van der Waals surface area contributed by atoms with E-state index in [-0.39, 0.29) is 23.7 Å². The van der Waals surface area contributed by atoms with E-state index in [0.29, 0.717) is 19.1 Å². The van der Waals surface area contributed by atoms with Crippen molar-refractivity contribution in [1.29, 1.82) is 0 Å². The van der Waals surface area contributed by atoms with Crippen LogP contribution in [0, 0.1) is 5.92 Å². The van der Waals surface area contributed by atoms with Crippen molar-refractivity contribution in [2.45, 2.75) is 51.4 Å². The van der Waals surface area contributed by atoms with Crippen molar-refractivity contribution in [2.75, 3.05) is 13.2 Å². The Bertz CT molecular complexity index is 496. The first-order chi connectivity index (χ1) is 10.1. The maximum Gasteiger partial charge on any atom is 0.244 e. The van der Waals surface area contributed by atoms with Gasteiger partial charge in [0.05, 0.1) is 12.6 Å². The Labute approximate surface area is 130 Å². The molecule has 1 saturated heterocycles. The van der Waals surface area contributed by atoms with E-state index < -0.39 is 0 Å². The quantitative estimate of drug-likeness (QED) is 0.878. The fourth-order valence-corrected chi connectivity index (χ4v) is 3.84. The van der Waals surface area contributed by atoms with E-state index in [1.54, 1.807) is 11.3 Å². The minimum Gasteiger partial charge on any atom is -0.380 e. The van der Waals surface area contributed by atoms with Gasteiger partial charge < -0.3 is 9.64 Å². The molecule has 4 nitrogen and oxygen atoms in total. The second-order valence-corrected chi connectivity index (χ2v) is 7.31. The normalized spacial score (nSPS) is 25.0. The Morgan fingerprint density at radius 2 is 2.29 bits per heavy atom. The number of carbonyl (C=O) groups excluding carboxylic acids is 1. The molecule has 0 aromatic carbocycles. The third-order valence-corrected chi connectivity index (χ3v) is 5.44. The van der Waals surface area contributed by atoms with E-state index >= 15 is 0 Å². The number of carbonyl (C=O) groups is 1. The van der Waals surface area contributed by atoms with Crippen LogP contribution in [0.4, 0.5) is 0 Å². The monoisotopic (exact) mass is 308 g/mol. The molecule has 2 fully saturated rings. The fourth-order valence-electron chi connectivity index (χ4n) is 3.07. The Kier molecular flexibility index (Phi) is 4.08. The summed E-state index contributed by atoms with van der Waals surface area (Å²) in [6, 6.07) is 4.29. The highest BCUT2D eigenvalue weighted by Gasteiger charge is 2.61. The first kappa shape index (κ1) is 15.0. The maximum atomic E-state index is 12.9. The number of nitrogens with one attached hydrogen (secondary N) is 1. The van der Waals surface area contributed by atoms with Gasteiger partial charge in [-0.3, -0.25) is 10.1 Å². The van der Waals surface area contributed by atoms with Gasteiger partial charge in [0.2, 0.25) is 5.91 Å². The second kappa shape index (κ2) is 5.71. The van der Waals surface area contributed by atoms with Crippen molar-refractivity contribution >= 4 is 17.2 Å². The molecule has 1 aromatic heterocycles. The van der Waals surface area contributed by atoms with E-state index in [1.807, 2.05) is 6.92 Å². The van der Waals surface area contributed by atoms with Gasteiger partial charge in [0.1, 0.15) is 11.7 Å². The molecule has 1 amide bonds. The number of nitrogens with zero attached hydrogens (tertiary/aromatic N) is 1. The van der Waals surface area contributed by atoms with Gasteiger partial charge in [-0.25, -0.2) is 0 Å². The molecule has 2 unspecified atom stereocenters. The van der Waals surface area contributed by atoms with E-state index in [9.17, 15) is 4.79 Å².